The van der Waals surface area contributed by atoms with Gasteiger partial charge in [-0.3, -0.25) is 0 Å². The Morgan fingerprint density at radius 3 is 2.58 bits per heavy atom. The molecule has 1 aromatic heterocycles. The third-order valence-corrected chi connectivity index (χ3v) is 3.05. The van der Waals surface area contributed by atoms with Gasteiger partial charge in [-0.2, -0.15) is 0 Å². The third kappa shape index (κ3) is 3.51. The molecule has 2 aromatic rings. The number of hydrogen-bond donors (Lipinski definition) is 1. The third-order valence-electron chi connectivity index (χ3n) is 3.05. The molecule has 0 atom stereocenters. The molecular weight excluding hydrogens is 236 g/mol. The summed E-state index contributed by atoms with van der Waals surface area (Å²) in [6.45, 7) is 2.97. The maximum atomic E-state index is 4.58. The summed E-state index contributed by atoms with van der Waals surface area (Å²) in [5.41, 5.74) is 2.39. The summed E-state index contributed by atoms with van der Waals surface area (Å²) < 4.78 is 0. The van der Waals surface area contributed by atoms with Gasteiger partial charge in [-0.15, -0.1) is 0 Å². The Morgan fingerprint density at radius 2 is 1.89 bits per heavy atom. The van der Waals surface area contributed by atoms with E-state index in [4.69, 9.17) is 0 Å². The molecule has 0 fully saturated rings. The highest BCUT2D eigenvalue weighted by molar-refractivity contribution is 5.58. The number of rotatable bonds is 5. The van der Waals surface area contributed by atoms with Crippen LogP contribution in [0.5, 0.6) is 0 Å². The van der Waals surface area contributed by atoms with Crippen LogP contribution in [0, 0.1) is 6.92 Å². The van der Waals surface area contributed by atoms with Gasteiger partial charge in [-0.25, -0.2) is 9.97 Å². The van der Waals surface area contributed by atoms with Gasteiger partial charge in [0.05, 0.1) is 0 Å². The minimum absolute atomic E-state index is 0.839. The lowest BCUT2D eigenvalue weighted by molar-refractivity contribution is 0.754. The van der Waals surface area contributed by atoms with E-state index in [2.05, 4.69) is 51.4 Å². The van der Waals surface area contributed by atoms with E-state index >= 15 is 0 Å². The fraction of sp³-hybridized carbons (Fsp3) is 0.333. The van der Waals surface area contributed by atoms with Crippen molar-refractivity contribution in [2.45, 2.75) is 13.3 Å². The molecule has 1 heterocycles. The Bertz CT molecular complexity index is 522. The average Bonchev–Trinajstić information content (AvgIpc) is 2.45. The second kappa shape index (κ2) is 6.29. The first-order chi connectivity index (χ1) is 9.20. The predicted octanol–water partition coefficient (Wildman–Crippen LogP) is 2.31. The molecule has 0 bridgehead atoms. The molecule has 0 saturated carbocycles. The number of nitrogens with zero attached hydrogens (tertiary/aromatic N) is 3. The lowest BCUT2D eigenvalue weighted by Crippen LogP contribution is -2.15. The zero-order valence-corrected chi connectivity index (χ0v) is 11.7. The predicted molar refractivity (Wildman–Crippen MR) is 78.9 cm³/mol. The van der Waals surface area contributed by atoms with Crippen LogP contribution >= 0.6 is 0 Å². The minimum Gasteiger partial charge on any atom is -0.329 e. The van der Waals surface area contributed by atoms with Crippen LogP contribution < -0.4 is 10.2 Å². The second-order valence-electron chi connectivity index (χ2n) is 4.58. The molecule has 4 heteroatoms. The molecule has 0 unspecified atom stereocenters. The lowest BCUT2D eigenvalue weighted by atomic mass is 10.2. The van der Waals surface area contributed by atoms with Crippen LogP contribution in [-0.4, -0.2) is 30.6 Å². The largest absolute Gasteiger partial charge is 0.329 e. The number of likely N-dealkylation sites (N-methyl/N-ethyl adjacent to an activating group) is 1. The summed E-state index contributed by atoms with van der Waals surface area (Å²) in [7, 11) is 3.96. The van der Waals surface area contributed by atoms with E-state index in [1.165, 1.54) is 5.56 Å². The standard InChI is InChI=1S/C15H20N4/c1-12-4-6-13(7-5-12)19(3)15-9-11-17-14(18-15)8-10-16-2/h4-7,9,11,16H,8,10H2,1-3H3. The maximum absolute atomic E-state index is 4.58. The first kappa shape index (κ1) is 13.5. The summed E-state index contributed by atoms with van der Waals surface area (Å²) in [5.74, 6) is 1.79. The van der Waals surface area contributed by atoms with Gasteiger partial charge in [-0.1, -0.05) is 17.7 Å². The van der Waals surface area contributed by atoms with Crippen molar-refractivity contribution in [2.24, 2.45) is 0 Å². The summed E-state index contributed by atoms with van der Waals surface area (Å²) in [6, 6.07) is 10.3. The van der Waals surface area contributed by atoms with E-state index in [0.717, 1.165) is 30.3 Å². The molecule has 1 N–H and O–H groups in total. The summed E-state index contributed by atoms with van der Waals surface area (Å²) >= 11 is 0. The lowest BCUT2D eigenvalue weighted by Gasteiger charge is -2.18. The number of aryl methyl sites for hydroxylation is 1. The van der Waals surface area contributed by atoms with Crippen LogP contribution in [0.15, 0.2) is 36.5 Å². The van der Waals surface area contributed by atoms with Gasteiger partial charge >= 0.3 is 0 Å². The fourth-order valence-corrected chi connectivity index (χ4v) is 1.83. The van der Waals surface area contributed by atoms with Crippen molar-refractivity contribution < 1.29 is 0 Å². The van der Waals surface area contributed by atoms with Gasteiger partial charge in [0.25, 0.3) is 0 Å². The number of benzene rings is 1. The van der Waals surface area contributed by atoms with E-state index in [1.807, 2.05) is 26.4 Å². The van der Waals surface area contributed by atoms with Crippen LogP contribution in [0.25, 0.3) is 0 Å². The highest BCUT2D eigenvalue weighted by atomic mass is 15.2. The normalized spacial score (nSPS) is 10.5. The van der Waals surface area contributed by atoms with Crippen molar-refractivity contribution in [3.05, 3.63) is 47.9 Å². The monoisotopic (exact) mass is 256 g/mol. The molecule has 0 saturated heterocycles. The molecule has 0 amide bonds. The minimum atomic E-state index is 0.839. The first-order valence-corrected chi connectivity index (χ1v) is 6.47. The average molecular weight is 256 g/mol. The molecular formula is C15H20N4. The molecule has 0 aliphatic carbocycles. The van der Waals surface area contributed by atoms with E-state index in [0.29, 0.717) is 0 Å². The van der Waals surface area contributed by atoms with Gasteiger partial charge in [0, 0.05) is 31.9 Å². The number of anilines is 2. The van der Waals surface area contributed by atoms with Crippen LogP contribution in [0.3, 0.4) is 0 Å². The van der Waals surface area contributed by atoms with Gasteiger partial charge in [0.2, 0.25) is 0 Å². The van der Waals surface area contributed by atoms with Crippen molar-refractivity contribution in [3.63, 3.8) is 0 Å². The molecule has 1 aromatic carbocycles. The highest BCUT2D eigenvalue weighted by Gasteiger charge is 2.06. The van der Waals surface area contributed by atoms with Crippen LogP contribution in [0.4, 0.5) is 11.5 Å². The zero-order valence-electron chi connectivity index (χ0n) is 11.7. The molecule has 0 aliphatic heterocycles. The van der Waals surface area contributed by atoms with Gasteiger partial charge in [-0.05, 0) is 32.2 Å². The quantitative estimate of drug-likeness (QED) is 0.891. The van der Waals surface area contributed by atoms with Crippen molar-refractivity contribution in [1.29, 1.82) is 0 Å². The Morgan fingerprint density at radius 1 is 1.16 bits per heavy atom. The van der Waals surface area contributed by atoms with Crippen LogP contribution in [0.2, 0.25) is 0 Å². The maximum Gasteiger partial charge on any atom is 0.136 e. The van der Waals surface area contributed by atoms with Crippen LogP contribution in [-0.2, 0) is 6.42 Å². The van der Waals surface area contributed by atoms with E-state index in [-0.39, 0.29) is 0 Å². The van der Waals surface area contributed by atoms with E-state index in [9.17, 15) is 0 Å². The van der Waals surface area contributed by atoms with Crippen molar-refractivity contribution in [2.75, 3.05) is 25.5 Å². The Balaban J connectivity index is 2.18. The first-order valence-electron chi connectivity index (χ1n) is 6.47. The second-order valence-corrected chi connectivity index (χ2v) is 4.58. The van der Waals surface area contributed by atoms with Gasteiger partial charge < -0.3 is 10.2 Å². The molecule has 0 aliphatic rings. The molecule has 100 valence electrons. The summed E-state index contributed by atoms with van der Waals surface area (Å²) in [4.78, 5) is 10.9. The van der Waals surface area contributed by atoms with Crippen molar-refractivity contribution in [3.8, 4) is 0 Å². The summed E-state index contributed by atoms with van der Waals surface area (Å²) in [5, 5.41) is 3.11. The molecule has 0 radical (unpaired) electrons. The Labute approximate surface area is 114 Å². The van der Waals surface area contributed by atoms with Crippen molar-refractivity contribution >= 4 is 11.5 Å². The Hall–Kier alpha value is -1.94. The van der Waals surface area contributed by atoms with Crippen LogP contribution in [0.1, 0.15) is 11.4 Å². The summed E-state index contributed by atoms with van der Waals surface area (Å²) in [6.07, 6.45) is 2.66. The van der Waals surface area contributed by atoms with Gasteiger partial charge in [0.1, 0.15) is 11.6 Å². The molecule has 2 rings (SSSR count). The highest BCUT2D eigenvalue weighted by Crippen LogP contribution is 2.21. The SMILES string of the molecule is CNCCc1nccc(N(C)c2ccc(C)cc2)n1. The number of hydrogen-bond acceptors (Lipinski definition) is 4. The van der Waals surface area contributed by atoms with E-state index in [1.54, 1.807) is 0 Å². The molecule has 4 nitrogen and oxygen atoms in total. The zero-order chi connectivity index (χ0) is 13.7. The number of aromatic nitrogens is 2. The Kier molecular flexibility index (Phi) is 4.47. The fourth-order valence-electron chi connectivity index (χ4n) is 1.83. The van der Waals surface area contributed by atoms with E-state index < -0.39 is 0 Å². The topological polar surface area (TPSA) is 41.1 Å². The number of nitrogens with one attached hydrogen (secondary N) is 1. The molecule has 0 spiro atoms. The molecule has 19 heavy (non-hydrogen) atoms. The van der Waals surface area contributed by atoms with Gasteiger partial charge in [0.15, 0.2) is 0 Å². The smallest absolute Gasteiger partial charge is 0.136 e. The van der Waals surface area contributed by atoms with Crippen molar-refractivity contribution in [1.82, 2.24) is 15.3 Å².